The molecule has 1 amide bonds. The number of rotatable bonds is 6. The van der Waals surface area contributed by atoms with Crippen LogP contribution in [0.2, 0.25) is 5.02 Å². The van der Waals surface area contributed by atoms with Gasteiger partial charge in [0.15, 0.2) is 0 Å². The third-order valence-corrected chi connectivity index (χ3v) is 5.50. The zero-order chi connectivity index (χ0) is 20.4. The standard InChI is InChI=1S/C19H22ClFN2O3S/c1-12(2)15-7-5-6-13(3)19(15)22-18(24)11-23(27(4,25)26)14-8-9-17(21)16(20)10-14/h5-10,12H,11H2,1-4H3,(H,22,24). The second-order valence-electron chi connectivity index (χ2n) is 6.61. The fourth-order valence-electron chi connectivity index (χ4n) is 2.69. The minimum Gasteiger partial charge on any atom is -0.324 e. The lowest BCUT2D eigenvalue weighted by Crippen LogP contribution is -2.37. The van der Waals surface area contributed by atoms with Crippen molar-refractivity contribution < 1.29 is 17.6 Å². The smallest absolute Gasteiger partial charge is 0.245 e. The summed E-state index contributed by atoms with van der Waals surface area (Å²) < 4.78 is 38.6. The first kappa shape index (κ1) is 21.2. The highest BCUT2D eigenvalue weighted by atomic mass is 35.5. The molecule has 0 bridgehead atoms. The lowest BCUT2D eigenvalue weighted by atomic mass is 9.98. The molecule has 5 nitrogen and oxygen atoms in total. The lowest BCUT2D eigenvalue weighted by molar-refractivity contribution is -0.114. The van der Waals surface area contributed by atoms with Crippen molar-refractivity contribution in [3.63, 3.8) is 0 Å². The number of hydrogen-bond acceptors (Lipinski definition) is 3. The molecule has 146 valence electrons. The molecule has 27 heavy (non-hydrogen) atoms. The zero-order valence-electron chi connectivity index (χ0n) is 15.6. The molecule has 1 N–H and O–H groups in total. The summed E-state index contributed by atoms with van der Waals surface area (Å²) in [5.41, 5.74) is 2.63. The topological polar surface area (TPSA) is 66.5 Å². The van der Waals surface area contributed by atoms with E-state index in [0.29, 0.717) is 5.69 Å². The minimum absolute atomic E-state index is 0.118. The maximum atomic E-state index is 13.4. The highest BCUT2D eigenvalue weighted by Crippen LogP contribution is 2.28. The second kappa shape index (κ2) is 8.27. The Hall–Kier alpha value is -2.12. The van der Waals surface area contributed by atoms with Gasteiger partial charge in [-0.25, -0.2) is 12.8 Å². The summed E-state index contributed by atoms with van der Waals surface area (Å²) in [5.74, 6) is -0.987. The number of sulfonamides is 1. The third-order valence-electron chi connectivity index (χ3n) is 4.07. The van der Waals surface area contributed by atoms with E-state index in [1.54, 1.807) is 0 Å². The van der Waals surface area contributed by atoms with Gasteiger partial charge in [0.25, 0.3) is 0 Å². The Balaban J connectivity index is 2.32. The van der Waals surface area contributed by atoms with Crippen LogP contribution in [0.15, 0.2) is 36.4 Å². The Morgan fingerprint density at radius 2 is 1.93 bits per heavy atom. The van der Waals surface area contributed by atoms with Crippen LogP contribution < -0.4 is 9.62 Å². The summed E-state index contributed by atoms with van der Waals surface area (Å²) >= 11 is 5.75. The summed E-state index contributed by atoms with van der Waals surface area (Å²) in [6.07, 6.45) is 0.977. The van der Waals surface area contributed by atoms with Gasteiger partial charge in [0.2, 0.25) is 15.9 Å². The van der Waals surface area contributed by atoms with Crippen LogP contribution in [0, 0.1) is 12.7 Å². The molecule has 0 fully saturated rings. The normalized spacial score (nSPS) is 11.5. The van der Waals surface area contributed by atoms with E-state index < -0.39 is 28.3 Å². The highest BCUT2D eigenvalue weighted by Gasteiger charge is 2.23. The van der Waals surface area contributed by atoms with Gasteiger partial charge < -0.3 is 5.32 Å². The maximum Gasteiger partial charge on any atom is 0.245 e. The van der Waals surface area contributed by atoms with E-state index in [9.17, 15) is 17.6 Å². The average molecular weight is 413 g/mol. The Kier molecular flexibility index (Phi) is 6.49. The number of aryl methyl sites for hydroxylation is 1. The summed E-state index contributed by atoms with van der Waals surface area (Å²) in [4.78, 5) is 12.6. The first-order valence-corrected chi connectivity index (χ1v) is 10.6. The molecule has 0 aliphatic rings. The fourth-order valence-corrected chi connectivity index (χ4v) is 3.71. The molecule has 0 heterocycles. The molecular formula is C19H22ClFN2O3S. The Morgan fingerprint density at radius 3 is 2.48 bits per heavy atom. The average Bonchev–Trinajstić information content (AvgIpc) is 2.56. The van der Waals surface area contributed by atoms with Crippen molar-refractivity contribution in [1.29, 1.82) is 0 Å². The van der Waals surface area contributed by atoms with Crippen molar-refractivity contribution in [2.75, 3.05) is 22.4 Å². The molecular weight excluding hydrogens is 391 g/mol. The quantitative estimate of drug-likeness (QED) is 0.768. The number of carbonyl (C=O) groups is 1. The Bertz CT molecular complexity index is 961. The monoisotopic (exact) mass is 412 g/mol. The predicted molar refractivity (Wildman–Crippen MR) is 107 cm³/mol. The number of benzene rings is 2. The van der Waals surface area contributed by atoms with Gasteiger partial charge in [-0.2, -0.15) is 0 Å². The van der Waals surface area contributed by atoms with E-state index in [-0.39, 0.29) is 16.6 Å². The van der Waals surface area contributed by atoms with E-state index in [0.717, 1.165) is 27.8 Å². The molecule has 2 aromatic carbocycles. The molecule has 2 aromatic rings. The van der Waals surface area contributed by atoms with Gasteiger partial charge in [-0.15, -0.1) is 0 Å². The number of anilines is 2. The Morgan fingerprint density at radius 1 is 1.26 bits per heavy atom. The molecule has 0 saturated heterocycles. The van der Waals surface area contributed by atoms with Crippen molar-refractivity contribution in [2.45, 2.75) is 26.7 Å². The number of halogens is 2. The van der Waals surface area contributed by atoms with Gasteiger partial charge in [0.1, 0.15) is 12.4 Å². The molecule has 2 rings (SSSR count). The lowest BCUT2D eigenvalue weighted by Gasteiger charge is -2.23. The van der Waals surface area contributed by atoms with Crippen LogP contribution in [-0.4, -0.2) is 27.1 Å². The van der Waals surface area contributed by atoms with Crippen molar-refractivity contribution in [1.82, 2.24) is 0 Å². The number of carbonyl (C=O) groups excluding carboxylic acids is 1. The zero-order valence-corrected chi connectivity index (χ0v) is 17.2. The van der Waals surface area contributed by atoms with Crippen molar-refractivity contribution >= 4 is 38.9 Å². The number of amides is 1. The van der Waals surface area contributed by atoms with E-state index >= 15 is 0 Å². The molecule has 0 aromatic heterocycles. The van der Waals surface area contributed by atoms with E-state index in [4.69, 9.17) is 11.6 Å². The molecule has 0 aliphatic heterocycles. The first-order chi connectivity index (χ1) is 12.5. The van der Waals surface area contributed by atoms with E-state index in [2.05, 4.69) is 5.32 Å². The predicted octanol–water partition coefficient (Wildman–Crippen LogP) is 4.32. The number of nitrogens with zero attached hydrogens (tertiary/aromatic N) is 1. The van der Waals surface area contributed by atoms with Gasteiger partial charge in [-0.05, 0) is 42.2 Å². The van der Waals surface area contributed by atoms with Gasteiger partial charge in [0, 0.05) is 5.69 Å². The molecule has 8 heteroatoms. The molecule has 0 atom stereocenters. The van der Waals surface area contributed by atoms with Crippen molar-refractivity contribution in [3.05, 3.63) is 58.4 Å². The van der Waals surface area contributed by atoms with Crippen LogP contribution in [0.5, 0.6) is 0 Å². The van der Waals surface area contributed by atoms with Crippen LogP contribution in [0.1, 0.15) is 30.9 Å². The summed E-state index contributed by atoms with van der Waals surface area (Å²) in [6, 6.07) is 9.20. The molecule has 0 unspecified atom stereocenters. The SMILES string of the molecule is Cc1cccc(C(C)C)c1NC(=O)CN(c1ccc(F)c(Cl)c1)S(C)(=O)=O. The van der Waals surface area contributed by atoms with E-state index in [1.807, 2.05) is 39.0 Å². The van der Waals surface area contributed by atoms with Gasteiger partial charge >= 0.3 is 0 Å². The van der Waals surface area contributed by atoms with Crippen molar-refractivity contribution in [3.8, 4) is 0 Å². The highest BCUT2D eigenvalue weighted by molar-refractivity contribution is 7.92. The largest absolute Gasteiger partial charge is 0.324 e. The van der Waals surface area contributed by atoms with Crippen LogP contribution in [0.3, 0.4) is 0 Å². The minimum atomic E-state index is -3.78. The first-order valence-electron chi connectivity index (χ1n) is 8.33. The van der Waals surface area contributed by atoms with Crippen LogP contribution in [0.4, 0.5) is 15.8 Å². The number of hydrogen-bond donors (Lipinski definition) is 1. The van der Waals surface area contributed by atoms with Crippen LogP contribution in [0.25, 0.3) is 0 Å². The number of nitrogens with one attached hydrogen (secondary N) is 1. The summed E-state index contributed by atoms with van der Waals surface area (Å²) in [5, 5.41) is 2.59. The van der Waals surface area contributed by atoms with Crippen LogP contribution in [-0.2, 0) is 14.8 Å². The summed E-state index contributed by atoms with van der Waals surface area (Å²) in [7, 11) is -3.78. The van der Waals surface area contributed by atoms with Gasteiger partial charge in [-0.3, -0.25) is 9.10 Å². The van der Waals surface area contributed by atoms with Crippen LogP contribution >= 0.6 is 11.6 Å². The Labute approximate surface area is 164 Å². The van der Waals surface area contributed by atoms with Gasteiger partial charge in [-0.1, -0.05) is 43.6 Å². The third kappa shape index (κ3) is 5.20. The molecule has 0 radical (unpaired) electrons. The molecule has 0 aliphatic carbocycles. The fraction of sp³-hybridized carbons (Fsp3) is 0.316. The molecule has 0 spiro atoms. The number of para-hydroxylation sites is 1. The summed E-state index contributed by atoms with van der Waals surface area (Å²) in [6.45, 7) is 5.43. The second-order valence-corrected chi connectivity index (χ2v) is 8.92. The van der Waals surface area contributed by atoms with E-state index in [1.165, 1.54) is 12.1 Å². The van der Waals surface area contributed by atoms with Gasteiger partial charge in [0.05, 0.1) is 17.0 Å². The van der Waals surface area contributed by atoms with Crippen molar-refractivity contribution in [2.24, 2.45) is 0 Å². The maximum absolute atomic E-state index is 13.4. The molecule has 0 saturated carbocycles.